The van der Waals surface area contributed by atoms with Crippen molar-refractivity contribution in [2.24, 2.45) is 0 Å². The van der Waals surface area contributed by atoms with Crippen molar-refractivity contribution in [3.8, 4) is 5.75 Å². The van der Waals surface area contributed by atoms with E-state index in [-0.39, 0.29) is 11.4 Å². The van der Waals surface area contributed by atoms with Crippen molar-refractivity contribution >= 4 is 23.4 Å². The number of alkyl halides is 8. The van der Waals surface area contributed by atoms with Gasteiger partial charge < -0.3 is 25.4 Å². The summed E-state index contributed by atoms with van der Waals surface area (Å²) in [5, 5.41) is 5.46. The lowest BCUT2D eigenvalue weighted by Crippen LogP contribution is -2.57. The first-order chi connectivity index (χ1) is 15.5. The summed E-state index contributed by atoms with van der Waals surface area (Å²) in [7, 11) is 0.771. The van der Waals surface area contributed by atoms with Crippen LogP contribution in [0.4, 0.5) is 40.8 Å². The minimum absolute atomic E-state index is 0.156. The molecule has 3 N–H and O–H groups in total. The van der Waals surface area contributed by atoms with Crippen LogP contribution >= 0.6 is 0 Å². The van der Waals surface area contributed by atoms with Crippen LogP contribution < -0.4 is 20.7 Å². The Bertz CT molecular complexity index is 950. The number of carbonyl (C=O) groups is 3. The first-order valence-corrected chi connectivity index (χ1v) is 9.22. The van der Waals surface area contributed by atoms with E-state index in [1.807, 2.05) is 5.32 Å². The van der Waals surface area contributed by atoms with Crippen molar-refractivity contribution < 1.29 is 59.0 Å². The highest BCUT2D eigenvalue weighted by molar-refractivity contribution is 6.06. The zero-order chi connectivity index (χ0) is 26.1. The molecule has 1 aliphatic heterocycles. The predicted octanol–water partition coefficient (Wildman–Crippen LogP) is 2.24. The molecule has 0 aliphatic carbocycles. The van der Waals surface area contributed by atoms with Gasteiger partial charge in [0, 0.05) is 7.11 Å². The molecular formula is C18H17F8N3O5. The summed E-state index contributed by atoms with van der Waals surface area (Å²) >= 11 is 0. The summed E-state index contributed by atoms with van der Waals surface area (Å²) in [5.41, 5.74) is -1.24. The van der Waals surface area contributed by atoms with Crippen molar-refractivity contribution in [2.45, 2.75) is 43.4 Å². The van der Waals surface area contributed by atoms with Gasteiger partial charge in [-0.05, 0) is 25.1 Å². The fraction of sp³-hybridized carbons (Fsp3) is 0.500. The van der Waals surface area contributed by atoms with Crippen molar-refractivity contribution in [1.29, 1.82) is 0 Å². The van der Waals surface area contributed by atoms with Crippen LogP contribution in [0.1, 0.15) is 12.5 Å². The number of hydrogen-bond acceptors (Lipinski definition) is 5. The maximum atomic E-state index is 13.0. The zero-order valence-electron chi connectivity index (χ0n) is 17.2. The molecule has 0 radical (unpaired) electrons. The number of fused-ring (bicyclic) bond motifs is 1. The Morgan fingerprint density at radius 2 is 1.74 bits per heavy atom. The Morgan fingerprint density at radius 3 is 2.26 bits per heavy atom. The molecule has 3 amide bonds. The third-order valence-electron chi connectivity index (χ3n) is 4.54. The highest BCUT2D eigenvalue weighted by atomic mass is 19.4. The predicted molar refractivity (Wildman–Crippen MR) is 96.9 cm³/mol. The van der Waals surface area contributed by atoms with Gasteiger partial charge in [-0.25, -0.2) is 0 Å². The Kier molecular flexibility index (Phi) is 7.64. The lowest BCUT2D eigenvalue weighted by atomic mass is 10.1. The van der Waals surface area contributed by atoms with Gasteiger partial charge in [-0.3, -0.25) is 14.4 Å². The Labute approximate surface area is 185 Å². The molecule has 3 unspecified atom stereocenters. The minimum Gasteiger partial charge on any atom is -0.486 e. The molecule has 3 atom stereocenters. The van der Waals surface area contributed by atoms with Gasteiger partial charge in [0.15, 0.2) is 0 Å². The molecule has 34 heavy (non-hydrogen) atoms. The largest absolute Gasteiger partial charge is 0.486 e. The molecule has 0 bridgehead atoms. The fourth-order valence-corrected chi connectivity index (χ4v) is 2.73. The molecule has 1 aromatic carbocycles. The minimum atomic E-state index is -5.96. The van der Waals surface area contributed by atoms with Crippen LogP contribution in [0.3, 0.4) is 0 Å². The van der Waals surface area contributed by atoms with Crippen LogP contribution in [0.15, 0.2) is 18.2 Å². The Morgan fingerprint density at radius 1 is 1.12 bits per heavy atom. The summed E-state index contributed by atoms with van der Waals surface area (Å²) in [5.74, 6) is -9.71. The fourth-order valence-electron chi connectivity index (χ4n) is 2.73. The molecule has 0 saturated heterocycles. The maximum absolute atomic E-state index is 13.0. The summed E-state index contributed by atoms with van der Waals surface area (Å²) < 4.78 is 111. The molecule has 1 aromatic rings. The van der Waals surface area contributed by atoms with Gasteiger partial charge in [-0.15, -0.1) is 0 Å². The second kappa shape index (κ2) is 9.60. The number of anilines is 1. The number of methoxy groups -OCH3 is 1. The molecule has 1 heterocycles. The van der Waals surface area contributed by atoms with Gasteiger partial charge in [0.25, 0.3) is 17.7 Å². The summed E-state index contributed by atoms with van der Waals surface area (Å²) in [6, 6.07) is 0.590. The third kappa shape index (κ3) is 6.03. The monoisotopic (exact) mass is 507 g/mol. The molecule has 1 aliphatic rings. The standard InChI is InChI=1S/C18H17F8N3O5/c1-7-11(13(30)28-9-4-3-8(17(21,22)23)5-10(9)34-7)29-15(32)12(33-2)14(31)27-6-16(19,20)18(24,25)26/h3-5,7,11-12H,6H2,1-2H3,(H,27,31)(H,28,30)(H,29,32). The molecule has 190 valence electrons. The van der Waals surface area contributed by atoms with Gasteiger partial charge >= 0.3 is 18.3 Å². The topological polar surface area (TPSA) is 106 Å². The van der Waals surface area contributed by atoms with E-state index in [4.69, 9.17) is 4.74 Å². The highest BCUT2D eigenvalue weighted by Gasteiger charge is 2.57. The number of rotatable bonds is 6. The first kappa shape index (κ1) is 27.1. The average molecular weight is 507 g/mol. The van der Waals surface area contributed by atoms with Crippen molar-refractivity contribution in [3.05, 3.63) is 23.8 Å². The van der Waals surface area contributed by atoms with E-state index in [0.717, 1.165) is 13.2 Å². The second-order valence-electron chi connectivity index (χ2n) is 7.04. The van der Waals surface area contributed by atoms with Crippen LogP contribution in [0.25, 0.3) is 0 Å². The zero-order valence-corrected chi connectivity index (χ0v) is 17.2. The van der Waals surface area contributed by atoms with E-state index in [1.165, 1.54) is 12.2 Å². The van der Waals surface area contributed by atoms with Gasteiger partial charge in [0.1, 0.15) is 17.9 Å². The normalized spacial score (nSPS) is 19.8. The van der Waals surface area contributed by atoms with E-state index >= 15 is 0 Å². The van der Waals surface area contributed by atoms with E-state index < -0.39 is 66.4 Å². The Hall–Kier alpha value is -3.17. The van der Waals surface area contributed by atoms with E-state index in [9.17, 15) is 49.5 Å². The van der Waals surface area contributed by atoms with Gasteiger partial charge in [-0.1, -0.05) is 0 Å². The summed E-state index contributed by atoms with van der Waals surface area (Å²) in [6.45, 7) is -0.978. The molecule has 16 heteroatoms. The first-order valence-electron chi connectivity index (χ1n) is 9.22. The lowest BCUT2D eigenvalue weighted by Gasteiger charge is -2.24. The molecular weight excluding hydrogens is 490 g/mol. The molecule has 0 fully saturated rings. The maximum Gasteiger partial charge on any atom is 0.455 e. The second-order valence-corrected chi connectivity index (χ2v) is 7.04. The number of halogens is 8. The number of ether oxygens (including phenoxy) is 2. The smallest absolute Gasteiger partial charge is 0.455 e. The third-order valence-corrected chi connectivity index (χ3v) is 4.54. The molecule has 0 aromatic heterocycles. The van der Waals surface area contributed by atoms with E-state index in [0.29, 0.717) is 12.1 Å². The van der Waals surface area contributed by atoms with Crippen LogP contribution in [-0.2, 0) is 25.3 Å². The lowest BCUT2D eigenvalue weighted by molar-refractivity contribution is -0.278. The van der Waals surface area contributed by atoms with Crippen LogP contribution in [0.2, 0.25) is 0 Å². The Balaban J connectivity index is 2.13. The van der Waals surface area contributed by atoms with Gasteiger partial charge in [0.05, 0.1) is 17.8 Å². The number of nitrogens with one attached hydrogen (secondary N) is 3. The molecule has 2 rings (SSSR count). The van der Waals surface area contributed by atoms with Crippen LogP contribution in [-0.4, -0.2) is 61.7 Å². The van der Waals surface area contributed by atoms with Crippen molar-refractivity contribution in [3.63, 3.8) is 0 Å². The SMILES string of the molecule is COC(C(=O)NCC(F)(F)C(F)(F)F)C(=O)NC1C(=O)Nc2ccc(C(F)(F)F)cc2OC1C. The summed E-state index contributed by atoms with van der Waals surface area (Å²) in [4.78, 5) is 36.8. The molecule has 8 nitrogen and oxygen atoms in total. The number of carbonyl (C=O) groups excluding carboxylic acids is 3. The number of hydrogen-bond donors (Lipinski definition) is 3. The van der Waals surface area contributed by atoms with Gasteiger partial charge in [0.2, 0.25) is 6.10 Å². The van der Waals surface area contributed by atoms with Gasteiger partial charge in [-0.2, -0.15) is 35.1 Å². The summed E-state index contributed by atoms with van der Waals surface area (Å²) in [6.07, 6.45) is -14.2. The van der Waals surface area contributed by atoms with Crippen molar-refractivity contribution in [1.82, 2.24) is 10.6 Å². The highest BCUT2D eigenvalue weighted by Crippen LogP contribution is 2.37. The van der Waals surface area contributed by atoms with E-state index in [2.05, 4.69) is 10.1 Å². The molecule has 0 saturated carbocycles. The van der Waals surface area contributed by atoms with Crippen molar-refractivity contribution in [2.75, 3.05) is 19.0 Å². The van der Waals surface area contributed by atoms with Crippen LogP contribution in [0, 0.1) is 0 Å². The number of amides is 3. The quantitative estimate of drug-likeness (QED) is 0.405. The number of benzene rings is 1. The average Bonchev–Trinajstić information content (AvgIpc) is 2.81. The van der Waals surface area contributed by atoms with E-state index in [1.54, 1.807) is 0 Å². The molecule has 0 spiro atoms. The van der Waals surface area contributed by atoms with Crippen LogP contribution in [0.5, 0.6) is 5.75 Å².